The van der Waals surface area contributed by atoms with Crippen molar-refractivity contribution in [2.24, 2.45) is 0 Å². The monoisotopic (exact) mass is 280 g/mol. The van der Waals surface area contributed by atoms with Crippen molar-refractivity contribution in [3.63, 3.8) is 0 Å². The fourth-order valence-corrected chi connectivity index (χ4v) is 2.18. The minimum Gasteiger partial charge on any atom is -0.481 e. The van der Waals surface area contributed by atoms with Crippen molar-refractivity contribution in [1.29, 1.82) is 0 Å². The zero-order valence-electron chi connectivity index (χ0n) is 11.8. The number of hydrogen-bond acceptors (Lipinski definition) is 6. The zero-order chi connectivity index (χ0) is 14.5. The van der Waals surface area contributed by atoms with Gasteiger partial charge < -0.3 is 10.1 Å². The Morgan fingerprint density at radius 1 is 1.55 bits per heavy atom. The molecule has 0 atom stereocenters. The van der Waals surface area contributed by atoms with E-state index in [1.807, 2.05) is 0 Å². The molecule has 1 aliphatic rings. The van der Waals surface area contributed by atoms with Gasteiger partial charge in [0.25, 0.3) is 0 Å². The molecule has 0 spiro atoms. The molecule has 0 aromatic carbocycles. The predicted octanol–water partition coefficient (Wildman–Crippen LogP) is 1.89. The van der Waals surface area contributed by atoms with Crippen LogP contribution in [0.25, 0.3) is 0 Å². The maximum atomic E-state index is 11.0. The van der Waals surface area contributed by atoms with E-state index in [9.17, 15) is 10.1 Å². The van der Waals surface area contributed by atoms with E-state index in [0.29, 0.717) is 18.5 Å². The van der Waals surface area contributed by atoms with Crippen molar-refractivity contribution < 1.29 is 9.66 Å². The summed E-state index contributed by atoms with van der Waals surface area (Å²) < 4.78 is 5.00. The fraction of sp³-hybridized carbons (Fsp3) is 0.615. The Kier molecular flexibility index (Phi) is 4.73. The summed E-state index contributed by atoms with van der Waals surface area (Å²) in [6.07, 6.45) is 2.51. The van der Waals surface area contributed by atoms with Gasteiger partial charge in [-0.05, 0) is 19.4 Å². The van der Waals surface area contributed by atoms with Gasteiger partial charge in [0, 0.05) is 31.3 Å². The molecule has 0 radical (unpaired) electrons. The number of ether oxygens (including phenoxy) is 1. The first-order valence-electron chi connectivity index (χ1n) is 6.83. The minimum atomic E-state index is -0.437. The number of hydrogen-bond donors (Lipinski definition) is 1. The summed E-state index contributed by atoms with van der Waals surface area (Å²) in [4.78, 5) is 17.0. The van der Waals surface area contributed by atoms with Gasteiger partial charge in [-0.3, -0.25) is 15.0 Å². The minimum absolute atomic E-state index is 0.0275. The van der Waals surface area contributed by atoms with Crippen molar-refractivity contribution in [2.75, 3.05) is 32.1 Å². The summed E-state index contributed by atoms with van der Waals surface area (Å²) in [7, 11) is 1.49. The maximum Gasteiger partial charge on any atom is 0.311 e. The van der Waals surface area contributed by atoms with E-state index in [2.05, 4.69) is 22.1 Å². The van der Waals surface area contributed by atoms with E-state index in [0.717, 1.165) is 13.1 Å². The number of pyridine rings is 1. The van der Waals surface area contributed by atoms with Crippen molar-refractivity contribution >= 4 is 11.5 Å². The molecule has 0 amide bonds. The highest BCUT2D eigenvalue weighted by Gasteiger charge is 2.27. The summed E-state index contributed by atoms with van der Waals surface area (Å²) in [5, 5.41) is 14.0. The van der Waals surface area contributed by atoms with Crippen LogP contribution in [0.1, 0.15) is 19.8 Å². The van der Waals surface area contributed by atoms with Crippen LogP contribution in [0.5, 0.6) is 5.88 Å². The second-order valence-electron chi connectivity index (χ2n) is 4.76. The van der Waals surface area contributed by atoms with E-state index in [1.165, 1.54) is 32.1 Å². The number of nitrogens with one attached hydrogen (secondary N) is 1. The number of aromatic nitrogens is 1. The van der Waals surface area contributed by atoms with Crippen molar-refractivity contribution in [3.8, 4) is 5.88 Å². The van der Waals surface area contributed by atoms with Gasteiger partial charge in [-0.15, -0.1) is 0 Å². The highest BCUT2D eigenvalue weighted by atomic mass is 16.6. The van der Waals surface area contributed by atoms with Gasteiger partial charge in [-0.25, -0.2) is 0 Å². The highest BCUT2D eigenvalue weighted by Crippen LogP contribution is 2.27. The van der Waals surface area contributed by atoms with Gasteiger partial charge in [0.15, 0.2) is 0 Å². The molecule has 0 bridgehead atoms. The number of rotatable bonds is 8. The van der Waals surface area contributed by atoms with Crippen LogP contribution in [0.3, 0.4) is 0 Å². The quantitative estimate of drug-likeness (QED) is 0.578. The van der Waals surface area contributed by atoms with Crippen molar-refractivity contribution in [1.82, 2.24) is 9.88 Å². The van der Waals surface area contributed by atoms with Crippen LogP contribution in [0.4, 0.5) is 11.5 Å². The van der Waals surface area contributed by atoms with Crippen LogP contribution in [0.15, 0.2) is 12.1 Å². The van der Waals surface area contributed by atoms with Crippen LogP contribution >= 0.6 is 0 Å². The van der Waals surface area contributed by atoms with E-state index < -0.39 is 4.92 Å². The number of nitro groups is 1. The first-order chi connectivity index (χ1) is 9.65. The third-order valence-corrected chi connectivity index (χ3v) is 3.42. The van der Waals surface area contributed by atoms with Crippen LogP contribution < -0.4 is 10.1 Å². The number of nitrogens with zero attached hydrogens (tertiary/aromatic N) is 3. The second kappa shape index (κ2) is 6.51. The topological polar surface area (TPSA) is 80.5 Å². The average molecular weight is 280 g/mol. The first kappa shape index (κ1) is 14.5. The Bertz CT molecular complexity index is 477. The molecule has 0 saturated heterocycles. The van der Waals surface area contributed by atoms with Crippen LogP contribution in [-0.2, 0) is 0 Å². The summed E-state index contributed by atoms with van der Waals surface area (Å²) >= 11 is 0. The smallest absolute Gasteiger partial charge is 0.311 e. The molecule has 1 fully saturated rings. The summed E-state index contributed by atoms with van der Waals surface area (Å²) in [5.74, 6) is 0.633. The molecule has 7 heteroatoms. The highest BCUT2D eigenvalue weighted by molar-refractivity contribution is 5.57. The summed E-state index contributed by atoms with van der Waals surface area (Å²) in [6.45, 7) is 4.62. The Morgan fingerprint density at radius 2 is 2.30 bits per heavy atom. The van der Waals surface area contributed by atoms with Gasteiger partial charge in [0.1, 0.15) is 0 Å². The molecule has 20 heavy (non-hydrogen) atoms. The zero-order valence-corrected chi connectivity index (χ0v) is 11.8. The molecule has 1 heterocycles. The number of likely N-dealkylation sites (N-methyl/N-ethyl adjacent to an activating group) is 1. The normalized spacial score (nSPS) is 14.3. The molecule has 110 valence electrons. The molecule has 1 aliphatic carbocycles. The van der Waals surface area contributed by atoms with E-state index in [-0.39, 0.29) is 11.5 Å². The SMILES string of the molecule is CCN(CCNc1nc(OC)ccc1[N+](=O)[O-])C1CC1. The molecule has 0 unspecified atom stereocenters. The van der Waals surface area contributed by atoms with Crippen LogP contribution in [-0.4, -0.2) is 47.6 Å². The molecule has 7 nitrogen and oxygen atoms in total. The predicted molar refractivity (Wildman–Crippen MR) is 76.2 cm³/mol. The Hall–Kier alpha value is -1.89. The van der Waals surface area contributed by atoms with E-state index in [1.54, 1.807) is 0 Å². The summed E-state index contributed by atoms with van der Waals surface area (Å²) in [6, 6.07) is 3.59. The molecular formula is C13H20N4O3. The largest absolute Gasteiger partial charge is 0.481 e. The molecule has 1 saturated carbocycles. The Labute approximate surface area is 118 Å². The van der Waals surface area contributed by atoms with E-state index in [4.69, 9.17) is 4.74 Å². The van der Waals surface area contributed by atoms with Gasteiger partial charge in [-0.2, -0.15) is 4.98 Å². The lowest BCUT2D eigenvalue weighted by molar-refractivity contribution is -0.384. The standard InChI is InChI=1S/C13H20N4O3/c1-3-16(10-4-5-10)9-8-14-13-11(17(18)19)6-7-12(15-13)20-2/h6-7,10H,3-5,8-9H2,1-2H3,(H,14,15). The molecule has 2 rings (SSSR count). The van der Waals surface area contributed by atoms with Crippen LogP contribution in [0.2, 0.25) is 0 Å². The summed E-state index contributed by atoms with van der Waals surface area (Å²) in [5.41, 5.74) is -0.0275. The Balaban J connectivity index is 1.97. The van der Waals surface area contributed by atoms with Crippen molar-refractivity contribution in [2.45, 2.75) is 25.8 Å². The fourth-order valence-electron chi connectivity index (χ4n) is 2.18. The van der Waals surface area contributed by atoms with Gasteiger partial charge in [0.05, 0.1) is 12.0 Å². The third-order valence-electron chi connectivity index (χ3n) is 3.42. The van der Waals surface area contributed by atoms with Gasteiger partial charge in [-0.1, -0.05) is 6.92 Å². The molecule has 1 N–H and O–H groups in total. The van der Waals surface area contributed by atoms with Crippen molar-refractivity contribution in [3.05, 3.63) is 22.2 Å². The second-order valence-corrected chi connectivity index (χ2v) is 4.76. The Morgan fingerprint density at radius 3 is 2.85 bits per heavy atom. The maximum absolute atomic E-state index is 11.0. The molecule has 0 aliphatic heterocycles. The third kappa shape index (κ3) is 3.57. The number of methoxy groups -OCH3 is 1. The first-order valence-corrected chi connectivity index (χ1v) is 6.83. The lowest BCUT2D eigenvalue weighted by atomic mass is 10.3. The average Bonchev–Trinajstić information content (AvgIpc) is 3.27. The molecule has 1 aromatic heterocycles. The molecule has 1 aromatic rings. The lowest BCUT2D eigenvalue weighted by Gasteiger charge is -2.19. The van der Waals surface area contributed by atoms with Gasteiger partial charge >= 0.3 is 5.69 Å². The lowest BCUT2D eigenvalue weighted by Crippen LogP contribution is -2.31. The van der Waals surface area contributed by atoms with Gasteiger partial charge in [0.2, 0.25) is 11.7 Å². The molecular weight excluding hydrogens is 260 g/mol. The van der Waals surface area contributed by atoms with Crippen LogP contribution in [0, 0.1) is 10.1 Å². The number of anilines is 1. The van der Waals surface area contributed by atoms with E-state index >= 15 is 0 Å².